The molecule has 0 amide bonds. The Kier molecular flexibility index (Phi) is 18.2. The minimum Gasteiger partial charge on any atom is -0.513 e. The first-order valence-electron chi connectivity index (χ1n) is 10.1. The van der Waals surface area contributed by atoms with E-state index in [1.807, 2.05) is 0 Å². The lowest BCUT2D eigenvalue weighted by Gasteiger charge is -2.03. The second kappa shape index (κ2) is 18.6. The van der Waals surface area contributed by atoms with Crippen LogP contribution in [0.25, 0.3) is 0 Å². The number of hydrogen-bond acceptors (Lipinski definition) is 1. The van der Waals surface area contributed by atoms with Gasteiger partial charge in [0.2, 0.25) is 0 Å². The molecule has 0 unspecified atom stereocenters. The van der Waals surface area contributed by atoms with Crippen molar-refractivity contribution in [2.45, 2.75) is 122 Å². The number of rotatable bonds is 18. The zero-order chi connectivity index (χ0) is 16.3. The van der Waals surface area contributed by atoms with Crippen molar-refractivity contribution in [3.63, 3.8) is 0 Å². The van der Waals surface area contributed by atoms with Crippen LogP contribution in [0.1, 0.15) is 122 Å². The van der Waals surface area contributed by atoms with E-state index in [9.17, 15) is 0 Å². The molecule has 0 spiro atoms. The Hall–Kier alpha value is -0.460. The Morgan fingerprint density at radius 1 is 0.545 bits per heavy atom. The quantitative estimate of drug-likeness (QED) is 0.200. The maximum absolute atomic E-state index is 8.98. The number of unbranched alkanes of at least 4 members (excludes halogenated alkanes) is 16. The van der Waals surface area contributed by atoms with E-state index in [0.29, 0.717) is 5.76 Å². The first-order valence-corrected chi connectivity index (χ1v) is 10.1. The zero-order valence-corrected chi connectivity index (χ0v) is 15.4. The van der Waals surface area contributed by atoms with Gasteiger partial charge in [-0.2, -0.15) is 0 Å². The van der Waals surface area contributed by atoms with E-state index >= 15 is 0 Å². The summed E-state index contributed by atoms with van der Waals surface area (Å²) < 4.78 is 0. The Morgan fingerprint density at radius 3 is 1.09 bits per heavy atom. The maximum Gasteiger partial charge on any atom is 0.0851 e. The number of allylic oxidation sites excluding steroid dienone is 1. The fourth-order valence-corrected chi connectivity index (χ4v) is 3.05. The molecule has 0 aromatic rings. The molecule has 22 heavy (non-hydrogen) atoms. The van der Waals surface area contributed by atoms with E-state index in [1.165, 1.54) is 103 Å². The average molecular weight is 311 g/mol. The molecule has 0 heterocycles. The summed E-state index contributed by atoms with van der Waals surface area (Å²) >= 11 is 0. The first kappa shape index (κ1) is 21.5. The molecule has 1 N–H and O–H groups in total. The maximum atomic E-state index is 8.98. The van der Waals surface area contributed by atoms with E-state index in [-0.39, 0.29) is 0 Å². The van der Waals surface area contributed by atoms with Gasteiger partial charge >= 0.3 is 0 Å². The molecule has 1 nitrogen and oxygen atoms in total. The summed E-state index contributed by atoms with van der Waals surface area (Å²) in [4.78, 5) is 0. The molecule has 0 radical (unpaired) electrons. The van der Waals surface area contributed by atoms with Crippen molar-refractivity contribution in [1.82, 2.24) is 0 Å². The monoisotopic (exact) mass is 310 g/mol. The van der Waals surface area contributed by atoms with E-state index in [2.05, 4.69) is 13.5 Å². The third-order valence-corrected chi connectivity index (χ3v) is 4.57. The fraction of sp³-hybridized carbons (Fsp3) is 0.905. The van der Waals surface area contributed by atoms with Crippen LogP contribution in [0.5, 0.6) is 0 Å². The minimum atomic E-state index is 0.348. The average Bonchev–Trinajstić information content (AvgIpc) is 2.50. The predicted molar refractivity (Wildman–Crippen MR) is 101 cm³/mol. The molecular weight excluding hydrogens is 268 g/mol. The summed E-state index contributed by atoms with van der Waals surface area (Å²) in [5.41, 5.74) is 0. The van der Waals surface area contributed by atoms with Crippen molar-refractivity contribution in [3.05, 3.63) is 12.3 Å². The molecule has 0 aliphatic carbocycles. The molecular formula is C21H42O. The second-order valence-electron chi connectivity index (χ2n) is 6.97. The van der Waals surface area contributed by atoms with Crippen LogP contribution in [0.2, 0.25) is 0 Å². The molecule has 0 aromatic heterocycles. The van der Waals surface area contributed by atoms with Crippen molar-refractivity contribution < 1.29 is 5.11 Å². The van der Waals surface area contributed by atoms with Crippen molar-refractivity contribution in [2.24, 2.45) is 0 Å². The van der Waals surface area contributed by atoms with Crippen LogP contribution in [-0.2, 0) is 0 Å². The van der Waals surface area contributed by atoms with E-state index in [0.717, 1.165) is 12.8 Å². The molecule has 132 valence electrons. The minimum absolute atomic E-state index is 0.348. The summed E-state index contributed by atoms with van der Waals surface area (Å²) in [7, 11) is 0. The molecule has 0 fully saturated rings. The molecule has 0 saturated heterocycles. The number of aliphatic hydroxyl groups excluding tert-OH is 1. The van der Waals surface area contributed by atoms with Crippen molar-refractivity contribution in [1.29, 1.82) is 0 Å². The SMILES string of the molecule is C=C(O)CCCCCCCCCCCCCCCCCCC. The van der Waals surface area contributed by atoms with Gasteiger partial charge in [0, 0.05) is 6.42 Å². The topological polar surface area (TPSA) is 20.2 Å². The van der Waals surface area contributed by atoms with Gasteiger partial charge in [-0.25, -0.2) is 0 Å². The normalized spacial score (nSPS) is 11.0. The van der Waals surface area contributed by atoms with Crippen LogP contribution in [0.3, 0.4) is 0 Å². The van der Waals surface area contributed by atoms with Crippen LogP contribution >= 0.6 is 0 Å². The van der Waals surface area contributed by atoms with E-state index in [4.69, 9.17) is 5.11 Å². The first-order chi connectivity index (χ1) is 10.8. The molecule has 0 bridgehead atoms. The Labute approximate surface area is 140 Å². The lowest BCUT2D eigenvalue weighted by Crippen LogP contribution is -1.84. The molecule has 0 aromatic carbocycles. The summed E-state index contributed by atoms with van der Waals surface area (Å²) in [5, 5.41) is 8.98. The van der Waals surface area contributed by atoms with Gasteiger partial charge in [-0.05, 0) is 6.42 Å². The highest BCUT2D eigenvalue weighted by atomic mass is 16.3. The zero-order valence-electron chi connectivity index (χ0n) is 15.4. The van der Waals surface area contributed by atoms with Gasteiger partial charge in [-0.15, -0.1) is 0 Å². The Morgan fingerprint density at radius 2 is 0.818 bits per heavy atom. The van der Waals surface area contributed by atoms with Crippen LogP contribution < -0.4 is 0 Å². The van der Waals surface area contributed by atoms with Crippen LogP contribution in [0, 0.1) is 0 Å². The predicted octanol–water partition coefficient (Wildman–Crippen LogP) is 8.10. The van der Waals surface area contributed by atoms with Crippen LogP contribution in [-0.4, -0.2) is 5.11 Å². The molecule has 0 aliphatic rings. The van der Waals surface area contributed by atoms with Crippen LogP contribution in [0.15, 0.2) is 12.3 Å². The molecule has 0 aliphatic heterocycles. The van der Waals surface area contributed by atoms with Gasteiger partial charge in [0.15, 0.2) is 0 Å². The summed E-state index contributed by atoms with van der Waals surface area (Å²) in [5.74, 6) is 0.348. The molecule has 0 saturated carbocycles. The fourth-order valence-electron chi connectivity index (χ4n) is 3.05. The van der Waals surface area contributed by atoms with Gasteiger partial charge in [-0.1, -0.05) is 116 Å². The van der Waals surface area contributed by atoms with Crippen molar-refractivity contribution >= 4 is 0 Å². The van der Waals surface area contributed by atoms with E-state index in [1.54, 1.807) is 0 Å². The summed E-state index contributed by atoms with van der Waals surface area (Å²) in [6.07, 6.45) is 24.5. The third-order valence-electron chi connectivity index (χ3n) is 4.57. The standard InChI is InChI=1S/C21H42O/c1-3-4-5-6-7-8-9-10-11-12-13-14-15-16-17-18-19-20-21(2)22/h22H,2-20H2,1H3. The van der Waals surface area contributed by atoms with Crippen molar-refractivity contribution in [2.75, 3.05) is 0 Å². The van der Waals surface area contributed by atoms with Gasteiger partial charge < -0.3 is 5.11 Å². The highest BCUT2D eigenvalue weighted by Crippen LogP contribution is 2.14. The molecule has 0 rings (SSSR count). The highest BCUT2D eigenvalue weighted by Gasteiger charge is 1.95. The van der Waals surface area contributed by atoms with Crippen LogP contribution in [0.4, 0.5) is 0 Å². The third kappa shape index (κ3) is 19.5. The largest absolute Gasteiger partial charge is 0.513 e. The summed E-state index contributed by atoms with van der Waals surface area (Å²) in [6, 6.07) is 0. The van der Waals surface area contributed by atoms with Gasteiger partial charge in [0.1, 0.15) is 0 Å². The number of hydrogen-bond donors (Lipinski definition) is 1. The lowest BCUT2D eigenvalue weighted by molar-refractivity contribution is 0.383. The van der Waals surface area contributed by atoms with Gasteiger partial charge in [-0.3, -0.25) is 0 Å². The van der Waals surface area contributed by atoms with Crippen molar-refractivity contribution in [3.8, 4) is 0 Å². The van der Waals surface area contributed by atoms with Gasteiger partial charge in [0.05, 0.1) is 5.76 Å². The number of aliphatic hydroxyl groups is 1. The van der Waals surface area contributed by atoms with Gasteiger partial charge in [0.25, 0.3) is 0 Å². The second-order valence-corrected chi connectivity index (χ2v) is 6.97. The van der Waals surface area contributed by atoms with E-state index < -0.39 is 0 Å². The smallest absolute Gasteiger partial charge is 0.0851 e. The molecule has 0 atom stereocenters. The summed E-state index contributed by atoms with van der Waals surface area (Å²) in [6.45, 7) is 5.81. The Bertz CT molecular complexity index is 222. The molecule has 1 heteroatoms. The highest BCUT2D eigenvalue weighted by molar-refractivity contribution is 4.77. The lowest BCUT2D eigenvalue weighted by atomic mass is 10.0. The Balaban J connectivity index is 2.95.